The molecule has 0 fully saturated rings. The fraction of sp³-hybridized carbons (Fsp3) is 0.300. The molecule has 3 N–H and O–H groups in total. The van der Waals surface area contributed by atoms with Crippen molar-refractivity contribution in [1.82, 2.24) is 0 Å². The Kier molecular flexibility index (Phi) is 2.13. The summed E-state index contributed by atoms with van der Waals surface area (Å²) in [6.07, 6.45) is -1.12. The van der Waals surface area contributed by atoms with Crippen molar-refractivity contribution in [3.8, 4) is 0 Å². The fourth-order valence-electron chi connectivity index (χ4n) is 1.86. The molecule has 2 atom stereocenters. The molecule has 1 aromatic carbocycles. The molecule has 14 heavy (non-hydrogen) atoms. The number of nitrogens with two attached hydrogens (primary N) is 1. The number of hydrogen-bond donors (Lipinski definition) is 2. The summed E-state index contributed by atoms with van der Waals surface area (Å²) in [6, 6.07) is 7.40. The molecule has 0 saturated heterocycles. The Morgan fingerprint density at radius 1 is 1.43 bits per heavy atom. The first-order valence-electron chi connectivity index (χ1n) is 4.42. The average molecular weight is 193 g/mol. The van der Waals surface area contributed by atoms with Crippen molar-refractivity contribution in [2.24, 2.45) is 5.73 Å². The molecule has 4 heteroatoms. The normalized spacial score (nSPS) is 24.4. The second-order valence-electron chi connectivity index (χ2n) is 3.34. The van der Waals surface area contributed by atoms with Gasteiger partial charge in [-0.25, -0.2) is 4.79 Å². The van der Waals surface area contributed by atoms with Gasteiger partial charge < -0.3 is 15.6 Å². The number of hydrogen-bond acceptors (Lipinski definition) is 3. The maximum Gasteiger partial charge on any atom is 0.506 e. The van der Waals surface area contributed by atoms with Crippen molar-refractivity contribution in [1.29, 1.82) is 0 Å². The van der Waals surface area contributed by atoms with Gasteiger partial charge in [-0.15, -0.1) is 0 Å². The van der Waals surface area contributed by atoms with Crippen molar-refractivity contribution in [2.75, 3.05) is 0 Å². The summed E-state index contributed by atoms with van der Waals surface area (Å²) in [6.45, 7) is 0. The Balaban J connectivity index is 2.29. The summed E-state index contributed by atoms with van der Waals surface area (Å²) in [4.78, 5) is 10.4. The second kappa shape index (κ2) is 3.31. The molecule has 0 bridgehead atoms. The minimum absolute atomic E-state index is 0.115. The quantitative estimate of drug-likeness (QED) is 0.667. The molecule has 0 saturated carbocycles. The van der Waals surface area contributed by atoms with Gasteiger partial charge in [-0.05, 0) is 11.1 Å². The first-order chi connectivity index (χ1) is 6.68. The third-order valence-electron chi connectivity index (χ3n) is 2.45. The molecule has 0 radical (unpaired) electrons. The number of ether oxygens (including phenoxy) is 1. The van der Waals surface area contributed by atoms with Crippen LogP contribution in [0.15, 0.2) is 24.3 Å². The number of rotatable bonds is 1. The van der Waals surface area contributed by atoms with Crippen molar-refractivity contribution in [2.45, 2.75) is 18.6 Å². The lowest BCUT2D eigenvalue weighted by molar-refractivity contribution is 0.0501. The maximum atomic E-state index is 10.4. The predicted molar refractivity (Wildman–Crippen MR) is 49.8 cm³/mol. The lowest BCUT2D eigenvalue weighted by atomic mass is 10.1. The molecule has 0 spiro atoms. The van der Waals surface area contributed by atoms with Crippen LogP contribution in [0.4, 0.5) is 4.79 Å². The maximum absolute atomic E-state index is 10.4. The van der Waals surface area contributed by atoms with Crippen molar-refractivity contribution in [3.05, 3.63) is 35.4 Å². The van der Waals surface area contributed by atoms with Gasteiger partial charge >= 0.3 is 6.16 Å². The first-order valence-corrected chi connectivity index (χ1v) is 4.42. The summed E-state index contributed by atoms with van der Waals surface area (Å²) in [5.41, 5.74) is 7.72. The van der Waals surface area contributed by atoms with Gasteiger partial charge in [0.15, 0.2) is 0 Å². The fourth-order valence-corrected chi connectivity index (χ4v) is 1.86. The van der Waals surface area contributed by atoms with Crippen LogP contribution < -0.4 is 5.73 Å². The van der Waals surface area contributed by atoms with E-state index >= 15 is 0 Å². The lowest BCUT2D eigenvalue weighted by Gasteiger charge is -2.09. The zero-order valence-corrected chi connectivity index (χ0v) is 7.51. The van der Waals surface area contributed by atoms with E-state index in [-0.39, 0.29) is 6.04 Å². The Morgan fingerprint density at radius 2 is 2.07 bits per heavy atom. The van der Waals surface area contributed by atoms with Crippen LogP contribution in [0.2, 0.25) is 0 Å². The van der Waals surface area contributed by atoms with Crippen molar-refractivity contribution < 1.29 is 14.6 Å². The van der Waals surface area contributed by atoms with E-state index in [1.165, 1.54) is 0 Å². The molecule has 1 aliphatic rings. The largest absolute Gasteiger partial charge is 0.506 e. The Hall–Kier alpha value is -1.55. The number of carboxylic acid groups (broad SMARTS) is 1. The predicted octanol–water partition coefficient (Wildman–Crippen LogP) is 1.83. The zero-order valence-electron chi connectivity index (χ0n) is 7.51. The highest BCUT2D eigenvalue weighted by atomic mass is 16.7. The summed E-state index contributed by atoms with van der Waals surface area (Å²) >= 11 is 0. The summed E-state index contributed by atoms with van der Waals surface area (Å²) in [5.74, 6) is 0. The molecule has 0 heterocycles. The molecule has 0 unspecified atom stereocenters. The van der Waals surface area contributed by atoms with Crippen LogP contribution in [-0.2, 0) is 4.74 Å². The van der Waals surface area contributed by atoms with E-state index in [9.17, 15) is 4.79 Å². The molecular weight excluding hydrogens is 182 g/mol. The van der Waals surface area contributed by atoms with Crippen LogP contribution in [0.5, 0.6) is 0 Å². The van der Waals surface area contributed by atoms with E-state index < -0.39 is 12.3 Å². The van der Waals surface area contributed by atoms with Crippen LogP contribution in [0.1, 0.15) is 29.7 Å². The Bertz CT molecular complexity index is 364. The SMILES string of the molecule is N[C@H]1C[C@@H](OC(=O)O)c2ccccc21. The topological polar surface area (TPSA) is 72.5 Å². The molecule has 0 aliphatic heterocycles. The first kappa shape index (κ1) is 9.02. The average Bonchev–Trinajstić information content (AvgIpc) is 2.44. The second-order valence-corrected chi connectivity index (χ2v) is 3.34. The molecule has 1 aliphatic carbocycles. The summed E-state index contributed by atoms with van der Waals surface area (Å²) < 4.78 is 4.74. The highest BCUT2D eigenvalue weighted by Gasteiger charge is 2.30. The molecular formula is C10H11NO3. The smallest absolute Gasteiger partial charge is 0.450 e. The minimum Gasteiger partial charge on any atom is -0.450 e. The van der Waals surface area contributed by atoms with E-state index in [0.717, 1.165) is 11.1 Å². The van der Waals surface area contributed by atoms with E-state index in [2.05, 4.69) is 0 Å². The third-order valence-corrected chi connectivity index (χ3v) is 2.45. The van der Waals surface area contributed by atoms with Crippen LogP contribution in [0.25, 0.3) is 0 Å². The zero-order chi connectivity index (χ0) is 10.1. The van der Waals surface area contributed by atoms with Gasteiger partial charge in [-0.2, -0.15) is 0 Å². The molecule has 0 aromatic heterocycles. The van der Waals surface area contributed by atoms with Gasteiger partial charge in [0.2, 0.25) is 0 Å². The summed E-state index contributed by atoms with van der Waals surface area (Å²) in [7, 11) is 0. The van der Waals surface area contributed by atoms with Crippen molar-refractivity contribution >= 4 is 6.16 Å². The van der Waals surface area contributed by atoms with Crippen LogP contribution >= 0.6 is 0 Å². The van der Waals surface area contributed by atoms with E-state index in [0.29, 0.717) is 6.42 Å². The van der Waals surface area contributed by atoms with Gasteiger partial charge in [-0.3, -0.25) is 0 Å². The van der Waals surface area contributed by atoms with E-state index in [1.807, 2.05) is 24.3 Å². The van der Waals surface area contributed by atoms with E-state index in [1.54, 1.807) is 0 Å². The van der Waals surface area contributed by atoms with Gasteiger partial charge in [0.1, 0.15) is 6.10 Å². The highest BCUT2D eigenvalue weighted by Crippen LogP contribution is 2.39. The van der Waals surface area contributed by atoms with Gasteiger partial charge in [0.05, 0.1) is 0 Å². The number of benzene rings is 1. The minimum atomic E-state index is -1.25. The molecule has 1 aromatic rings. The standard InChI is InChI=1S/C10H11NO3/c11-8-5-9(14-10(12)13)7-4-2-1-3-6(7)8/h1-4,8-9H,5,11H2,(H,12,13)/t8-,9+/m0/s1. The highest BCUT2D eigenvalue weighted by molar-refractivity contribution is 5.58. The molecule has 74 valence electrons. The van der Waals surface area contributed by atoms with Gasteiger partial charge in [0, 0.05) is 12.5 Å². The number of fused-ring (bicyclic) bond motifs is 1. The molecule has 4 nitrogen and oxygen atoms in total. The van der Waals surface area contributed by atoms with E-state index in [4.69, 9.17) is 15.6 Å². The van der Waals surface area contributed by atoms with Gasteiger partial charge in [-0.1, -0.05) is 24.3 Å². The van der Waals surface area contributed by atoms with Crippen molar-refractivity contribution in [3.63, 3.8) is 0 Å². The van der Waals surface area contributed by atoms with Crippen LogP contribution in [0, 0.1) is 0 Å². The monoisotopic (exact) mass is 193 g/mol. The third kappa shape index (κ3) is 1.44. The van der Waals surface area contributed by atoms with Crippen LogP contribution in [-0.4, -0.2) is 11.3 Å². The summed E-state index contributed by atoms with van der Waals surface area (Å²) in [5, 5.41) is 8.52. The molecule has 0 amide bonds. The lowest BCUT2D eigenvalue weighted by Crippen LogP contribution is -2.08. The Morgan fingerprint density at radius 3 is 2.71 bits per heavy atom. The van der Waals surface area contributed by atoms with Gasteiger partial charge in [0.25, 0.3) is 0 Å². The number of carbonyl (C=O) groups is 1. The molecule has 2 rings (SSSR count). The Labute approximate surface area is 81.3 Å². The van der Waals surface area contributed by atoms with Crippen LogP contribution in [0.3, 0.4) is 0 Å².